The lowest BCUT2D eigenvalue weighted by atomic mass is 9.77. The number of piperidine rings is 1. The third kappa shape index (κ3) is 5.91. The first kappa shape index (κ1) is 22.9. The Labute approximate surface area is 182 Å². The number of nitrogens with two attached hydrogens (primary N) is 1. The average molecular weight is 455 g/mol. The number of halogens is 4. The van der Waals surface area contributed by atoms with Gasteiger partial charge >= 0.3 is 6.18 Å². The number of alkyl halides is 3. The van der Waals surface area contributed by atoms with Crippen LogP contribution in [0.1, 0.15) is 35.2 Å². The molecule has 2 amide bonds. The van der Waals surface area contributed by atoms with E-state index in [0.717, 1.165) is 12.1 Å². The molecule has 0 aromatic heterocycles. The van der Waals surface area contributed by atoms with Crippen molar-refractivity contribution in [3.8, 4) is 5.75 Å². The van der Waals surface area contributed by atoms with Crippen molar-refractivity contribution in [3.63, 3.8) is 0 Å². The number of nitrogens with zero attached hydrogens (tertiary/aromatic N) is 1. The molecular weight excluding hydrogens is 433 g/mol. The van der Waals surface area contributed by atoms with Crippen LogP contribution in [0.4, 0.5) is 13.2 Å². The van der Waals surface area contributed by atoms with Crippen molar-refractivity contribution in [2.24, 2.45) is 11.1 Å². The van der Waals surface area contributed by atoms with Crippen LogP contribution in [0, 0.1) is 5.41 Å². The highest BCUT2D eigenvalue weighted by molar-refractivity contribution is 6.30. The minimum Gasteiger partial charge on any atom is -0.493 e. The summed E-state index contributed by atoms with van der Waals surface area (Å²) >= 11 is 5.88. The van der Waals surface area contributed by atoms with Crippen LogP contribution < -0.4 is 10.5 Å². The van der Waals surface area contributed by atoms with E-state index >= 15 is 0 Å². The van der Waals surface area contributed by atoms with E-state index in [1.807, 2.05) is 0 Å². The lowest BCUT2D eigenvalue weighted by Crippen LogP contribution is -2.50. The van der Waals surface area contributed by atoms with Crippen molar-refractivity contribution in [2.75, 3.05) is 19.7 Å². The van der Waals surface area contributed by atoms with Crippen LogP contribution in [0.15, 0.2) is 48.5 Å². The molecule has 1 saturated heterocycles. The summed E-state index contributed by atoms with van der Waals surface area (Å²) in [6.45, 7) is 0.805. The number of likely N-dealkylation sites (tertiary alicyclic amines) is 1. The fraction of sp³-hybridized carbons (Fsp3) is 0.364. The number of ether oxygens (including phenoxy) is 1. The summed E-state index contributed by atoms with van der Waals surface area (Å²) in [5.74, 6) is -0.336. The van der Waals surface area contributed by atoms with Crippen LogP contribution in [-0.2, 0) is 11.0 Å². The molecule has 0 aliphatic carbocycles. The van der Waals surface area contributed by atoms with E-state index in [1.165, 1.54) is 12.1 Å². The van der Waals surface area contributed by atoms with Crippen molar-refractivity contribution in [1.29, 1.82) is 0 Å². The van der Waals surface area contributed by atoms with Gasteiger partial charge in [-0.1, -0.05) is 11.6 Å². The van der Waals surface area contributed by atoms with Crippen LogP contribution in [0.25, 0.3) is 0 Å². The molecule has 5 nitrogen and oxygen atoms in total. The molecule has 1 heterocycles. The summed E-state index contributed by atoms with van der Waals surface area (Å²) < 4.78 is 44.2. The predicted molar refractivity (Wildman–Crippen MR) is 110 cm³/mol. The Hall–Kier alpha value is -2.74. The zero-order chi connectivity index (χ0) is 22.6. The summed E-state index contributed by atoms with van der Waals surface area (Å²) in [6, 6.07) is 10.9. The molecule has 2 aromatic carbocycles. The highest BCUT2D eigenvalue weighted by atomic mass is 35.5. The second kappa shape index (κ2) is 9.18. The first-order valence-corrected chi connectivity index (χ1v) is 10.1. The second-order valence-electron chi connectivity index (χ2n) is 7.79. The molecule has 1 fully saturated rings. The number of hydrogen-bond acceptors (Lipinski definition) is 3. The van der Waals surface area contributed by atoms with Gasteiger partial charge < -0.3 is 15.4 Å². The van der Waals surface area contributed by atoms with Gasteiger partial charge in [0, 0.05) is 35.5 Å². The summed E-state index contributed by atoms with van der Waals surface area (Å²) in [7, 11) is 0. The molecule has 3 rings (SSSR count). The molecule has 166 valence electrons. The predicted octanol–water partition coefficient (Wildman–Crippen LogP) is 4.54. The monoisotopic (exact) mass is 454 g/mol. The van der Waals surface area contributed by atoms with Gasteiger partial charge in [-0.25, -0.2) is 0 Å². The van der Waals surface area contributed by atoms with E-state index in [1.54, 1.807) is 29.2 Å². The molecule has 1 aliphatic heterocycles. The second-order valence-corrected chi connectivity index (χ2v) is 8.23. The topological polar surface area (TPSA) is 72.6 Å². The third-order valence-corrected chi connectivity index (χ3v) is 5.57. The van der Waals surface area contributed by atoms with Crippen molar-refractivity contribution in [1.82, 2.24) is 4.90 Å². The number of carbonyl (C=O) groups is 2. The smallest absolute Gasteiger partial charge is 0.416 e. The van der Waals surface area contributed by atoms with Gasteiger partial charge in [0.25, 0.3) is 5.91 Å². The third-order valence-electron chi connectivity index (χ3n) is 5.32. The summed E-state index contributed by atoms with van der Waals surface area (Å²) in [6.07, 6.45) is -3.20. The van der Waals surface area contributed by atoms with Gasteiger partial charge in [0.15, 0.2) is 0 Å². The van der Waals surface area contributed by atoms with Crippen LogP contribution in [0.5, 0.6) is 5.75 Å². The molecule has 2 N–H and O–H groups in total. The fourth-order valence-electron chi connectivity index (χ4n) is 3.82. The Morgan fingerprint density at radius 3 is 2.32 bits per heavy atom. The molecule has 2 aromatic rings. The first-order valence-electron chi connectivity index (χ1n) is 9.71. The Kier molecular flexibility index (Phi) is 6.79. The zero-order valence-electron chi connectivity index (χ0n) is 16.6. The Morgan fingerprint density at radius 2 is 1.74 bits per heavy atom. The maximum absolute atomic E-state index is 12.9. The van der Waals surface area contributed by atoms with Crippen LogP contribution in [0.2, 0.25) is 5.02 Å². The largest absolute Gasteiger partial charge is 0.493 e. The number of hydrogen-bond donors (Lipinski definition) is 1. The van der Waals surface area contributed by atoms with E-state index < -0.39 is 29.0 Å². The summed E-state index contributed by atoms with van der Waals surface area (Å²) in [4.78, 5) is 26.2. The quantitative estimate of drug-likeness (QED) is 0.696. The van der Waals surface area contributed by atoms with Crippen molar-refractivity contribution in [2.45, 2.75) is 25.4 Å². The Morgan fingerprint density at radius 1 is 1.10 bits per heavy atom. The summed E-state index contributed by atoms with van der Waals surface area (Å²) in [5.41, 5.74) is 4.11. The van der Waals surface area contributed by atoms with Gasteiger partial charge in [-0.2, -0.15) is 13.2 Å². The number of rotatable bonds is 6. The fourth-order valence-corrected chi connectivity index (χ4v) is 3.94. The number of carbonyl (C=O) groups excluding carboxylic acids is 2. The molecular formula is C22H22ClF3N2O3. The van der Waals surface area contributed by atoms with Gasteiger partial charge in [0.1, 0.15) is 5.75 Å². The molecule has 1 unspecified atom stereocenters. The van der Waals surface area contributed by atoms with E-state index in [4.69, 9.17) is 22.1 Å². The number of amides is 2. The molecule has 0 spiro atoms. The van der Waals surface area contributed by atoms with Crippen molar-refractivity contribution < 1.29 is 27.5 Å². The molecule has 1 aliphatic rings. The maximum atomic E-state index is 12.9. The van der Waals surface area contributed by atoms with Gasteiger partial charge in [0.05, 0.1) is 12.2 Å². The molecule has 1 atom stereocenters. The van der Waals surface area contributed by atoms with E-state index in [-0.39, 0.29) is 25.1 Å². The summed E-state index contributed by atoms with van der Waals surface area (Å²) in [5, 5.41) is 0.560. The highest BCUT2D eigenvalue weighted by Crippen LogP contribution is 2.35. The van der Waals surface area contributed by atoms with Crippen molar-refractivity contribution >= 4 is 23.4 Å². The first-order chi connectivity index (χ1) is 14.6. The molecule has 0 radical (unpaired) electrons. The van der Waals surface area contributed by atoms with Gasteiger partial charge in [-0.3, -0.25) is 9.59 Å². The average Bonchev–Trinajstić information content (AvgIpc) is 2.72. The van der Waals surface area contributed by atoms with E-state index in [9.17, 15) is 22.8 Å². The molecule has 9 heteroatoms. The Bertz CT molecular complexity index is 933. The SMILES string of the molecule is NC(=O)CC1(COc2ccc(Cl)cc2)CCCN(C(=O)c2ccc(C(F)(F)F)cc2)C1. The minimum atomic E-state index is -4.47. The van der Waals surface area contributed by atoms with Crippen LogP contribution >= 0.6 is 11.6 Å². The van der Waals surface area contributed by atoms with Crippen LogP contribution in [0.3, 0.4) is 0 Å². The van der Waals surface area contributed by atoms with Gasteiger partial charge in [0.2, 0.25) is 5.91 Å². The number of benzene rings is 2. The van der Waals surface area contributed by atoms with Gasteiger partial charge in [-0.05, 0) is 61.4 Å². The standard InChI is InChI=1S/C22H22ClF3N2O3/c23-17-6-8-18(9-7-17)31-14-21(12-19(27)29)10-1-11-28(13-21)20(30)15-2-4-16(5-3-15)22(24,25)26/h2-9H,1,10-14H2,(H2,27,29). The maximum Gasteiger partial charge on any atom is 0.416 e. The molecule has 31 heavy (non-hydrogen) atoms. The normalized spacial score (nSPS) is 19.2. The minimum absolute atomic E-state index is 0.0252. The van der Waals surface area contributed by atoms with E-state index in [0.29, 0.717) is 30.2 Å². The zero-order valence-corrected chi connectivity index (χ0v) is 17.4. The van der Waals surface area contributed by atoms with Crippen LogP contribution in [-0.4, -0.2) is 36.4 Å². The van der Waals surface area contributed by atoms with Gasteiger partial charge in [-0.15, -0.1) is 0 Å². The van der Waals surface area contributed by atoms with E-state index in [2.05, 4.69) is 0 Å². The lowest BCUT2D eigenvalue weighted by Gasteiger charge is -2.42. The molecule has 0 bridgehead atoms. The highest BCUT2D eigenvalue weighted by Gasteiger charge is 2.40. The number of primary amides is 1. The lowest BCUT2D eigenvalue weighted by molar-refractivity contribution is -0.137. The Balaban J connectivity index is 1.75. The van der Waals surface area contributed by atoms with Crippen molar-refractivity contribution in [3.05, 3.63) is 64.7 Å². The molecule has 0 saturated carbocycles.